The van der Waals surface area contributed by atoms with Gasteiger partial charge < -0.3 is 19.2 Å². The molecule has 0 bridgehead atoms. The summed E-state index contributed by atoms with van der Waals surface area (Å²) in [6.45, 7) is 7.46. The van der Waals surface area contributed by atoms with Gasteiger partial charge in [0.15, 0.2) is 5.69 Å². The Morgan fingerprint density at radius 3 is 2.79 bits per heavy atom. The van der Waals surface area contributed by atoms with Crippen molar-refractivity contribution in [1.82, 2.24) is 20.1 Å². The topological polar surface area (TPSA) is 80.1 Å². The number of aromatic nitrogens is 1. The van der Waals surface area contributed by atoms with E-state index in [2.05, 4.69) is 20.1 Å². The second-order valence-corrected chi connectivity index (χ2v) is 9.20. The van der Waals surface area contributed by atoms with E-state index in [1.807, 2.05) is 12.1 Å². The Labute approximate surface area is 204 Å². The van der Waals surface area contributed by atoms with E-state index in [4.69, 9.17) is 37.1 Å². The summed E-state index contributed by atoms with van der Waals surface area (Å²) in [5, 5.41) is 3.95. The minimum atomic E-state index is -0.246. The molecule has 2 saturated heterocycles. The van der Waals surface area contributed by atoms with Gasteiger partial charge in [-0.3, -0.25) is 14.6 Å². The van der Waals surface area contributed by atoms with Gasteiger partial charge in [0.05, 0.1) is 35.9 Å². The van der Waals surface area contributed by atoms with Crippen LogP contribution in [0.2, 0.25) is 10.0 Å². The van der Waals surface area contributed by atoms with Crippen LogP contribution in [-0.4, -0.2) is 79.3 Å². The lowest BCUT2D eigenvalue weighted by Gasteiger charge is -2.29. The Kier molecular flexibility index (Phi) is 9.00. The number of ether oxygens (including phenoxy) is 2. The second-order valence-electron chi connectivity index (χ2n) is 8.38. The normalized spacial score (nSPS) is 19.3. The smallest absolute Gasteiger partial charge is 0.273 e. The van der Waals surface area contributed by atoms with Crippen molar-refractivity contribution in [2.75, 3.05) is 52.5 Å². The lowest BCUT2D eigenvalue weighted by Crippen LogP contribution is -2.41. The predicted octanol–water partition coefficient (Wildman–Crippen LogP) is 3.22. The highest BCUT2D eigenvalue weighted by Crippen LogP contribution is 2.23. The molecule has 0 saturated carbocycles. The summed E-state index contributed by atoms with van der Waals surface area (Å²) in [6, 6.07) is 5.65. The maximum absolute atomic E-state index is 12.4. The zero-order valence-electron chi connectivity index (χ0n) is 18.6. The molecular weight excluding hydrogens is 467 g/mol. The Morgan fingerprint density at radius 1 is 1.18 bits per heavy atom. The molecule has 2 fully saturated rings. The third-order valence-electron chi connectivity index (χ3n) is 5.88. The van der Waals surface area contributed by atoms with Crippen molar-refractivity contribution < 1.29 is 18.7 Å². The van der Waals surface area contributed by atoms with Crippen LogP contribution in [0.15, 0.2) is 28.9 Å². The number of hydrogen-bond donors (Lipinski definition) is 1. The molecule has 0 spiro atoms. The molecular formula is C23H30Cl2N4O4. The van der Waals surface area contributed by atoms with Crippen molar-refractivity contribution in [2.45, 2.75) is 32.0 Å². The number of nitrogens with zero attached hydrogens (tertiary/aromatic N) is 3. The van der Waals surface area contributed by atoms with Gasteiger partial charge in [0, 0.05) is 45.9 Å². The van der Waals surface area contributed by atoms with Gasteiger partial charge in [-0.25, -0.2) is 4.98 Å². The largest absolute Gasteiger partial charge is 0.447 e. The molecule has 4 rings (SSSR count). The molecule has 2 aliphatic heterocycles. The van der Waals surface area contributed by atoms with E-state index in [1.165, 1.54) is 6.26 Å². The van der Waals surface area contributed by atoms with Gasteiger partial charge >= 0.3 is 0 Å². The summed E-state index contributed by atoms with van der Waals surface area (Å²) in [5.41, 5.74) is 1.33. The first-order valence-corrected chi connectivity index (χ1v) is 12.1. The Hall–Kier alpha value is -1.68. The number of carbonyl (C=O) groups is 1. The molecule has 2 aliphatic rings. The lowest BCUT2D eigenvalue weighted by atomic mass is 10.2. The number of nitrogens with one attached hydrogen (secondary N) is 1. The highest BCUT2D eigenvalue weighted by Gasteiger charge is 2.20. The van der Waals surface area contributed by atoms with Gasteiger partial charge in [0.25, 0.3) is 5.91 Å². The zero-order chi connectivity index (χ0) is 23.0. The molecule has 180 valence electrons. The lowest BCUT2D eigenvalue weighted by molar-refractivity contribution is 0.0320. The van der Waals surface area contributed by atoms with Gasteiger partial charge in [-0.2, -0.15) is 0 Å². The van der Waals surface area contributed by atoms with Gasteiger partial charge in [-0.05, 0) is 30.5 Å². The standard InChI is InChI=1S/C23H30Cl2N4O4/c24-19-4-3-17(12-20(19)25)14-29(6-5-28-7-10-31-11-8-28)15-22-27-21(16-33-22)23(30)26-13-18-2-1-9-32-18/h3-4,12,16,18H,1-2,5-11,13-15H2,(H,26,30). The molecule has 0 radical (unpaired) electrons. The van der Waals surface area contributed by atoms with E-state index in [0.717, 1.165) is 64.4 Å². The van der Waals surface area contributed by atoms with Crippen LogP contribution < -0.4 is 5.32 Å². The summed E-state index contributed by atoms with van der Waals surface area (Å²) >= 11 is 12.3. The molecule has 1 amide bonds. The average molecular weight is 497 g/mol. The number of carbonyl (C=O) groups excluding carboxylic acids is 1. The van der Waals surface area contributed by atoms with Gasteiger partial charge in [0.2, 0.25) is 5.89 Å². The quantitative estimate of drug-likeness (QED) is 0.540. The average Bonchev–Trinajstić information content (AvgIpc) is 3.51. The van der Waals surface area contributed by atoms with E-state index in [9.17, 15) is 4.79 Å². The third kappa shape index (κ3) is 7.40. The fraction of sp³-hybridized carbons (Fsp3) is 0.565. The van der Waals surface area contributed by atoms with Crippen LogP contribution in [0.4, 0.5) is 0 Å². The van der Waals surface area contributed by atoms with E-state index < -0.39 is 0 Å². The van der Waals surface area contributed by atoms with Gasteiger partial charge in [0.1, 0.15) is 6.26 Å². The van der Waals surface area contributed by atoms with E-state index in [0.29, 0.717) is 35.6 Å². The number of hydrogen-bond acceptors (Lipinski definition) is 7. The maximum Gasteiger partial charge on any atom is 0.273 e. The molecule has 8 nitrogen and oxygen atoms in total. The summed E-state index contributed by atoms with van der Waals surface area (Å²) in [5.74, 6) is 0.254. The van der Waals surface area contributed by atoms with Gasteiger partial charge in [-0.1, -0.05) is 29.3 Å². The van der Waals surface area contributed by atoms with Crippen molar-refractivity contribution >= 4 is 29.1 Å². The van der Waals surface area contributed by atoms with Crippen LogP contribution in [0, 0.1) is 0 Å². The summed E-state index contributed by atoms with van der Waals surface area (Å²) in [4.78, 5) is 21.5. The number of amides is 1. The van der Waals surface area contributed by atoms with E-state index >= 15 is 0 Å². The number of oxazole rings is 1. The van der Waals surface area contributed by atoms with Crippen molar-refractivity contribution in [3.8, 4) is 0 Å². The number of rotatable bonds is 10. The minimum Gasteiger partial charge on any atom is -0.447 e. The third-order valence-corrected chi connectivity index (χ3v) is 6.62. The number of benzene rings is 1. The van der Waals surface area contributed by atoms with Crippen molar-refractivity contribution in [2.24, 2.45) is 0 Å². The highest BCUT2D eigenvalue weighted by atomic mass is 35.5. The Bertz CT molecular complexity index is 914. The highest BCUT2D eigenvalue weighted by molar-refractivity contribution is 6.42. The van der Waals surface area contributed by atoms with Crippen LogP contribution in [0.25, 0.3) is 0 Å². The molecule has 10 heteroatoms. The molecule has 0 aliphatic carbocycles. The van der Waals surface area contributed by atoms with Crippen LogP contribution in [0.1, 0.15) is 34.8 Å². The number of morpholine rings is 1. The Morgan fingerprint density at radius 2 is 2.03 bits per heavy atom. The first-order valence-electron chi connectivity index (χ1n) is 11.4. The van der Waals surface area contributed by atoms with E-state index in [-0.39, 0.29) is 17.7 Å². The van der Waals surface area contributed by atoms with Crippen molar-refractivity contribution in [1.29, 1.82) is 0 Å². The second kappa shape index (κ2) is 12.1. The molecule has 2 aromatic rings. The summed E-state index contributed by atoms with van der Waals surface area (Å²) < 4.78 is 16.6. The van der Waals surface area contributed by atoms with Crippen LogP contribution in [-0.2, 0) is 22.6 Å². The molecule has 1 unspecified atom stereocenters. The molecule has 1 aromatic carbocycles. The molecule has 1 N–H and O–H groups in total. The van der Waals surface area contributed by atoms with Crippen molar-refractivity contribution in [3.05, 3.63) is 51.7 Å². The first kappa shape index (κ1) is 24.4. The molecule has 3 heterocycles. The fourth-order valence-corrected chi connectivity index (χ4v) is 4.32. The summed E-state index contributed by atoms with van der Waals surface area (Å²) in [7, 11) is 0. The first-order chi connectivity index (χ1) is 16.1. The van der Waals surface area contributed by atoms with Crippen LogP contribution in [0.5, 0.6) is 0 Å². The molecule has 1 aromatic heterocycles. The predicted molar refractivity (Wildman–Crippen MR) is 126 cm³/mol. The number of halogens is 2. The molecule has 1 atom stereocenters. The maximum atomic E-state index is 12.4. The zero-order valence-corrected chi connectivity index (χ0v) is 20.1. The van der Waals surface area contributed by atoms with Crippen molar-refractivity contribution in [3.63, 3.8) is 0 Å². The Balaban J connectivity index is 1.36. The SMILES string of the molecule is O=C(NCC1CCCO1)c1coc(CN(CCN2CCOCC2)Cc2ccc(Cl)c(Cl)c2)n1. The fourth-order valence-electron chi connectivity index (χ4n) is 4.00. The monoisotopic (exact) mass is 496 g/mol. The van der Waals surface area contributed by atoms with Crippen LogP contribution in [0.3, 0.4) is 0 Å². The van der Waals surface area contributed by atoms with Crippen LogP contribution >= 0.6 is 23.2 Å². The summed E-state index contributed by atoms with van der Waals surface area (Å²) in [6.07, 6.45) is 3.51. The van der Waals surface area contributed by atoms with Gasteiger partial charge in [-0.15, -0.1) is 0 Å². The minimum absolute atomic E-state index is 0.0854. The molecule has 33 heavy (non-hydrogen) atoms. The van der Waals surface area contributed by atoms with E-state index in [1.54, 1.807) is 6.07 Å².